The van der Waals surface area contributed by atoms with Gasteiger partial charge in [-0.2, -0.15) is 0 Å². The van der Waals surface area contributed by atoms with Crippen LogP contribution in [0, 0.1) is 0 Å². The van der Waals surface area contributed by atoms with Crippen molar-refractivity contribution in [3.05, 3.63) is 283 Å². The van der Waals surface area contributed by atoms with Gasteiger partial charge >= 0.3 is 0 Å². The van der Waals surface area contributed by atoms with Crippen LogP contribution in [0.25, 0.3) is 77.2 Å². The molecule has 1 aliphatic carbocycles. The van der Waals surface area contributed by atoms with Crippen LogP contribution in [0.3, 0.4) is 0 Å². The minimum absolute atomic E-state index is 0.538. The molecule has 1 heterocycles. The molecular formula is C65H43NO. The molecule has 0 radical (unpaired) electrons. The first-order valence-corrected chi connectivity index (χ1v) is 23.1. The summed E-state index contributed by atoms with van der Waals surface area (Å²) < 4.78 is 6.34. The van der Waals surface area contributed by atoms with Crippen LogP contribution >= 0.6 is 0 Å². The van der Waals surface area contributed by atoms with Crippen molar-refractivity contribution in [2.24, 2.45) is 0 Å². The minimum Gasteiger partial charge on any atom is -0.456 e. The molecule has 0 unspecified atom stereocenters. The van der Waals surface area contributed by atoms with Gasteiger partial charge in [0.2, 0.25) is 0 Å². The van der Waals surface area contributed by atoms with Crippen molar-refractivity contribution in [1.29, 1.82) is 0 Å². The third kappa shape index (κ3) is 6.11. The van der Waals surface area contributed by atoms with E-state index in [0.29, 0.717) is 0 Å². The van der Waals surface area contributed by atoms with Crippen molar-refractivity contribution in [1.82, 2.24) is 0 Å². The molecule has 0 fully saturated rings. The maximum atomic E-state index is 6.34. The Labute approximate surface area is 390 Å². The number of furan rings is 1. The predicted molar refractivity (Wildman–Crippen MR) is 280 cm³/mol. The molecule has 0 spiro atoms. The summed E-state index contributed by atoms with van der Waals surface area (Å²) in [6, 6.07) is 95.1. The second-order valence-electron chi connectivity index (χ2n) is 17.5. The summed E-state index contributed by atoms with van der Waals surface area (Å²) in [6.45, 7) is 0. The summed E-state index contributed by atoms with van der Waals surface area (Å²) in [5.74, 6) is 0. The molecule has 0 aliphatic heterocycles. The largest absolute Gasteiger partial charge is 0.456 e. The topological polar surface area (TPSA) is 16.4 Å². The van der Waals surface area contributed by atoms with E-state index in [4.69, 9.17) is 4.42 Å². The van der Waals surface area contributed by atoms with Gasteiger partial charge in [0.1, 0.15) is 11.2 Å². The fourth-order valence-electron chi connectivity index (χ4n) is 11.1. The monoisotopic (exact) mass is 853 g/mol. The second-order valence-corrected chi connectivity index (χ2v) is 17.5. The van der Waals surface area contributed by atoms with Gasteiger partial charge in [0.25, 0.3) is 0 Å². The Morgan fingerprint density at radius 2 is 0.821 bits per heavy atom. The molecule has 13 rings (SSSR count). The number of rotatable bonds is 8. The van der Waals surface area contributed by atoms with Crippen LogP contribution in [0.5, 0.6) is 0 Å². The van der Waals surface area contributed by atoms with E-state index in [1.807, 2.05) is 6.07 Å². The van der Waals surface area contributed by atoms with Gasteiger partial charge in [-0.15, -0.1) is 0 Å². The minimum atomic E-state index is -0.538. The van der Waals surface area contributed by atoms with Crippen molar-refractivity contribution in [3.8, 4) is 44.5 Å². The first kappa shape index (κ1) is 38.7. The lowest BCUT2D eigenvalue weighted by molar-refractivity contribution is 0.669. The van der Waals surface area contributed by atoms with Crippen LogP contribution in [0.4, 0.5) is 17.1 Å². The highest BCUT2D eigenvalue weighted by Crippen LogP contribution is 2.60. The number of hydrogen-bond donors (Lipinski definition) is 0. The molecule has 1 aromatic heterocycles. The first-order valence-electron chi connectivity index (χ1n) is 23.1. The van der Waals surface area contributed by atoms with Gasteiger partial charge in [0, 0.05) is 27.4 Å². The standard InChI is InChI=1S/C65H43NO/c1-4-18-44(19-5-1)45-34-36-46(37-35-45)51-42-43-59(54-25-11-10-24-53(51)54)66(50-40-38-47(39-41-50)52-28-16-33-62-63(52)56-27-13-15-32-61(56)67-62)60-31-17-30-58-64(60)55-26-12-14-29-57(55)65(58,48-20-6-2-7-21-48)49-22-8-3-9-23-49/h1-43H. The fourth-order valence-corrected chi connectivity index (χ4v) is 11.1. The van der Waals surface area contributed by atoms with Gasteiger partial charge in [-0.3, -0.25) is 0 Å². The lowest BCUT2D eigenvalue weighted by Gasteiger charge is -2.34. The van der Waals surface area contributed by atoms with Crippen molar-refractivity contribution in [2.45, 2.75) is 5.41 Å². The summed E-state index contributed by atoms with van der Waals surface area (Å²) in [6.07, 6.45) is 0. The molecule has 0 atom stereocenters. The summed E-state index contributed by atoms with van der Waals surface area (Å²) in [7, 11) is 0. The molecule has 12 aromatic rings. The van der Waals surface area contributed by atoms with Crippen LogP contribution in [-0.2, 0) is 5.41 Å². The molecule has 0 amide bonds. The van der Waals surface area contributed by atoms with E-state index in [1.165, 1.54) is 66.4 Å². The quantitative estimate of drug-likeness (QED) is 0.151. The summed E-state index contributed by atoms with van der Waals surface area (Å²) in [5, 5.41) is 4.63. The van der Waals surface area contributed by atoms with E-state index >= 15 is 0 Å². The average molecular weight is 854 g/mol. The zero-order valence-corrected chi connectivity index (χ0v) is 36.7. The Morgan fingerprint density at radius 3 is 1.57 bits per heavy atom. The Bertz CT molecular complexity index is 3740. The molecule has 2 nitrogen and oxygen atoms in total. The molecule has 0 saturated carbocycles. The molecule has 314 valence electrons. The lowest BCUT2D eigenvalue weighted by atomic mass is 9.68. The number of hydrogen-bond acceptors (Lipinski definition) is 2. The van der Waals surface area contributed by atoms with Crippen molar-refractivity contribution in [3.63, 3.8) is 0 Å². The summed E-state index contributed by atoms with van der Waals surface area (Å²) >= 11 is 0. The van der Waals surface area contributed by atoms with Crippen molar-refractivity contribution >= 4 is 49.8 Å². The Balaban J connectivity index is 1.05. The third-order valence-corrected chi connectivity index (χ3v) is 14.0. The molecule has 0 saturated heterocycles. The van der Waals surface area contributed by atoms with Gasteiger partial charge in [-0.25, -0.2) is 0 Å². The number of anilines is 3. The van der Waals surface area contributed by atoms with E-state index in [0.717, 1.165) is 50.1 Å². The Morgan fingerprint density at radius 1 is 0.299 bits per heavy atom. The Hall–Kier alpha value is -8.72. The molecule has 2 heteroatoms. The Kier molecular flexibility index (Phi) is 9.11. The van der Waals surface area contributed by atoms with Crippen LogP contribution in [0.15, 0.2) is 265 Å². The second kappa shape index (κ2) is 15.8. The van der Waals surface area contributed by atoms with Gasteiger partial charge in [-0.05, 0) is 103 Å². The van der Waals surface area contributed by atoms with Gasteiger partial charge in [0.15, 0.2) is 0 Å². The van der Waals surface area contributed by atoms with Crippen LogP contribution in [-0.4, -0.2) is 0 Å². The zero-order valence-electron chi connectivity index (χ0n) is 36.7. The van der Waals surface area contributed by atoms with E-state index in [2.05, 4.69) is 260 Å². The van der Waals surface area contributed by atoms with Crippen LogP contribution < -0.4 is 4.90 Å². The summed E-state index contributed by atoms with van der Waals surface area (Å²) in [4.78, 5) is 2.50. The average Bonchev–Trinajstić information content (AvgIpc) is 3.94. The van der Waals surface area contributed by atoms with Crippen LogP contribution in [0.1, 0.15) is 22.3 Å². The highest BCUT2D eigenvalue weighted by atomic mass is 16.3. The summed E-state index contributed by atoms with van der Waals surface area (Å²) in [5.41, 5.74) is 19.2. The molecule has 0 bridgehead atoms. The SMILES string of the molecule is c1ccc(-c2ccc(-c3ccc(N(c4ccc(-c5cccc6oc7ccccc7c56)cc4)c4cccc5c4-c4ccccc4C5(c4ccccc4)c4ccccc4)c4ccccc34)cc2)cc1. The highest BCUT2D eigenvalue weighted by Gasteiger charge is 2.47. The maximum Gasteiger partial charge on any atom is 0.136 e. The first-order chi connectivity index (χ1) is 33.3. The van der Waals surface area contributed by atoms with Crippen molar-refractivity contribution in [2.75, 3.05) is 4.90 Å². The molecular weight excluding hydrogens is 811 g/mol. The van der Waals surface area contributed by atoms with Crippen LogP contribution in [0.2, 0.25) is 0 Å². The van der Waals surface area contributed by atoms with E-state index in [1.54, 1.807) is 0 Å². The van der Waals surface area contributed by atoms with E-state index in [9.17, 15) is 0 Å². The highest BCUT2D eigenvalue weighted by molar-refractivity contribution is 6.13. The molecule has 0 N–H and O–H groups in total. The zero-order chi connectivity index (χ0) is 44.3. The fraction of sp³-hybridized carbons (Fsp3) is 0.0154. The van der Waals surface area contributed by atoms with Gasteiger partial charge < -0.3 is 9.32 Å². The molecule has 67 heavy (non-hydrogen) atoms. The predicted octanol–water partition coefficient (Wildman–Crippen LogP) is 17.6. The maximum absolute atomic E-state index is 6.34. The number of nitrogens with zero attached hydrogens (tertiary/aromatic N) is 1. The normalized spacial score (nSPS) is 12.6. The van der Waals surface area contributed by atoms with Gasteiger partial charge in [-0.1, -0.05) is 224 Å². The molecule has 1 aliphatic rings. The smallest absolute Gasteiger partial charge is 0.136 e. The van der Waals surface area contributed by atoms with Gasteiger partial charge in [0.05, 0.1) is 16.8 Å². The number of benzene rings is 11. The number of fused-ring (bicyclic) bond motifs is 7. The lowest BCUT2D eigenvalue weighted by Crippen LogP contribution is -2.28. The van der Waals surface area contributed by atoms with Crippen molar-refractivity contribution < 1.29 is 4.42 Å². The van der Waals surface area contributed by atoms with E-state index in [-0.39, 0.29) is 0 Å². The molecule has 11 aromatic carbocycles. The van der Waals surface area contributed by atoms with E-state index < -0.39 is 5.41 Å². The number of para-hydroxylation sites is 1. The third-order valence-electron chi connectivity index (χ3n) is 14.0.